The molecule has 0 saturated heterocycles. The summed E-state index contributed by atoms with van der Waals surface area (Å²) in [5, 5.41) is 0.318. The lowest BCUT2D eigenvalue weighted by Crippen LogP contribution is -2.25. The van der Waals surface area contributed by atoms with Crippen LogP contribution >= 0.6 is 11.8 Å². The molecule has 7 rings (SSSR count). The molecule has 0 aliphatic carbocycles. The minimum absolute atomic E-state index is 0.272. The van der Waals surface area contributed by atoms with Gasteiger partial charge < -0.3 is 23.5 Å². The maximum Gasteiger partial charge on any atom is 0.231 e. The van der Waals surface area contributed by atoms with E-state index >= 15 is 0 Å². The van der Waals surface area contributed by atoms with Crippen molar-refractivity contribution in [3.63, 3.8) is 0 Å². The predicted octanol–water partition coefficient (Wildman–Crippen LogP) is 8.09. The van der Waals surface area contributed by atoms with Crippen molar-refractivity contribution in [1.82, 2.24) is 14.5 Å². The normalized spacial score (nSPS) is 16.7. The Labute approximate surface area is 257 Å². The van der Waals surface area contributed by atoms with E-state index in [1.807, 2.05) is 23.9 Å². The van der Waals surface area contributed by atoms with Crippen molar-refractivity contribution in [3.8, 4) is 34.4 Å². The van der Waals surface area contributed by atoms with Crippen LogP contribution < -0.4 is 18.9 Å². The lowest BCUT2D eigenvalue weighted by atomic mass is 10.1. The third-order valence-electron chi connectivity index (χ3n) is 8.18. The molecule has 3 aliphatic heterocycles. The molecule has 0 N–H and O–H groups in total. The number of allylic oxidation sites excluding steroid dienone is 2. The fraction of sp³-hybridized carbons (Fsp3) is 0.343. The monoisotopic (exact) mass is 595 g/mol. The zero-order valence-corrected chi connectivity index (χ0v) is 25.6. The Morgan fingerprint density at radius 3 is 2.09 bits per heavy atom. The molecule has 0 fully saturated rings. The van der Waals surface area contributed by atoms with Gasteiger partial charge in [-0.3, -0.25) is 4.90 Å². The molecular formula is C35H37N3O4S. The van der Waals surface area contributed by atoms with Gasteiger partial charge in [0.1, 0.15) is 5.82 Å². The Hall–Kier alpha value is -3.88. The molecule has 1 aromatic heterocycles. The van der Waals surface area contributed by atoms with Gasteiger partial charge in [0.15, 0.2) is 23.0 Å². The highest BCUT2D eigenvalue weighted by molar-refractivity contribution is 8.03. The molecule has 0 saturated carbocycles. The molecule has 0 radical (unpaired) electrons. The first-order chi connectivity index (χ1) is 21.1. The van der Waals surface area contributed by atoms with E-state index < -0.39 is 0 Å². The van der Waals surface area contributed by atoms with Crippen molar-refractivity contribution < 1.29 is 18.9 Å². The van der Waals surface area contributed by atoms with Crippen LogP contribution in [0.15, 0.2) is 77.7 Å². The molecule has 222 valence electrons. The SMILES string of the molecule is CCCCn1c(-c2ccccc2)nc(C2CC=C(C)S2)c1CN(Cc1ccc2c(c1)OCO2)Cc1ccc2c(c1)OCO2. The van der Waals surface area contributed by atoms with Crippen LogP contribution in [-0.2, 0) is 26.2 Å². The van der Waals surface area contributed by atoms with E-state index in [4.69, 9.17) is 23.9 Å². The summed E-state index contributed by atoms with van der Waals surface area (Å²) in [6, 6.07) is 23.2. The van der Waals surface area contributed by atoms with Crippen LogP contribution in [0.1, 0.15) is 60.9 Å². The van der Waals surface area contributed by atoms with E-state index in [1.54, 1.807) is 0 Å². The lowest BCUT2D eigenvalue weighted by molar-refractivity contribution is 0.173. The largest absolute Gasteiger partial charge is 0.454 e. The Bertz CT molecular complexity index is 1570. The van der Waals surface area contributed by atoms with Gasteiger partial charge in [-0.05, 0) is 60.1 Å². The fourth-order valence-electron chi connectivity index (χ4n) is 6.03. The second kappa shape index (κ2) is 12.4. The standard InChI is InChI=1S/C35H37N3O4S/c1-3-4-16-38-28(34(33-15-10-24(2)43-33)36-35(38)27-8-6-5-7-9-27)21-37(19-25-11-13-29-31(17-25)41-22-39-29)20-26-12-14-30-32(18-26)42-23-40-30/h5-14,17-18,33H,3-4,15-16,19-23H2,1-2H3. The van der Waals surface area contributed by atoms with Crippen molar-refractivity contribution >= 4 is 11.8 Å². The highest BCUT2D eigenvalue weighted by Crippen LogP contribution is 2.45. The zero-order chi connectivity index (χ0) is 29.2. The van der Waals surface area contributed by atoms with Crippen LogP contribution in [0.2, 0.25) is 0 Å². The summed E-state index contributed by atoms with van der Waals surface area (Å²) < 4.78 is 25.1. The van der Waals surface area contributed by atoms with Crippen molar-refractivity contribution in [2.75, 3.05) is 13.6 Å². The summed E-state index contributed by atoms with van der Waals surface area (Å²) >= 11 is 1.94. The van der Waals surface area contributed by atoms with E-state index in [2.05, 4.69) is 84.0 Å². The highest BCUT2D eigenvalue weighted by atomic mass is 32.2. The Balaban J connectivity index is 1.28. The van der Waals surface area contributed by atoms with Crippen molar-refractivity contribution in [1.29, 1.82) is 0 Å². The summed E-state index contributed by atoms with van der Waals surface area (Å²) in [4.78, 5) is 9.30. The summed E-state index contributed by atoms with van der Waals surface area (Å²) in [6.07, 6.45) is 5.58. The number of fused-ring (bicyclic) bond motifs is 2. The van der Waals surface area contributed by atoms with Crippen LogP contribution in [0.4, 0.5) is 0 Å². The van der Waals surface area contributed by atoms with Crippen LogP contribution in [0, 0.1) is 0 Å². The van der Waals surface area contributed by atoms with E-state index in [9.17, 15) is 0 Å². The first-order valence-electron chi connectivity index (χ1n) is 15.1. The first-order valence-corrected chi connectivity index (χ1v) is 16.0. The van der Waals surface area contributed by atoms with Gasteiger partial charge in [0.2, 0.25) is 13.6 Å². The zero-order valence-electron chi connectivity index (χ0n) is 24.8. The number of hydrogen-bond acceptors (Lipinski definition) is 7. The van der Waals surface area contributed by atoms with E-state index in [0.717, 1.165) is 79.8 Å². The van der Waals surface area contributed by atoms with E-state index in [-0.39, 0.29) is 13.6 Å². The fourth-order valence-corrected chi connectivity index (χ4v) is 7.16. The third-order valence-corrected chi connectivity index (χ3v) is 9.42. The molecule has 3 aromatic carbocycles. The Morgan fingerprint density at radius 2 is 1.49 bits per heavy atom. The van der Waals surface area contributed by atoms with Gasteiger partial charge >= 0.3 is 0 Å². The summed E-state index contributed by atoms with van der Waals surface area (Å²) in [7, 11) is 0. The molecule has 4 aromatic rings. The minimum Gasteiger partial charge on any atom is -0.454 e. The summed E-state index contributed by atoms with van der Waals surface area (Å²) in [5.41, 5.74) is 6.03. The van der Waals surface area contributed by atoms with Crippen molar-refractivity contribution in [3.05, 3.63) is 100 Å². The molecule has 1 unspecified atom stereocenters. The van der Waals surface area contributed by atoms with Gasteiger partial charge in [-0.15, -0.1) is 11.8 Å². The van der Waals surface area contributed by atoms with E-state index in [1.165, 1.54) is 27.4 Å². The molecular weight excluding hydrogens is 558 g/mol. The Kier molecular flexibility index (Phi) is 8.04. The number of imidazole rings is 1. The molecule has 1 atom stereocenters. The molecule has 43 heavy (non-hydrogen) atoms. The van der Waals surface area contributed by atoms with Crippen LogP contribution in [0.25, 0.3) is 11.4 Å². The van der Waals surface area contributed by atoms with Crippen LogP contribution in [0.3, 0.4) is 0 Å². The van der Waals surface area contributed by atoms with Gasteiger partial charge in [0, 0.05) is 31.7 Å². The van der Waals surface area contributed by atoms with Gasteiger partial charge in [-0.2, -0.15) is 0 Å². The maximum absolute atomic E-state index is 5.73. The predicted molar refractivity (Wildman–Crippen MR) is 169 cm³/mol. The van der Waals surface area contributed by atoms with E-state index in [0.29, 0.717) is 5.25 Å². The maximum atomic E-state index is 5.73. The number of rotatable bonds is 11. The summed E-state index contributed by atoms with van der Waals surface area (Å²) in [5.74, 6) is 4.29. The number of unbranched alkanes of at least 4 members (excludes halogenated alkanes) is 1. The Morgan fingerprint density at radius 1 is 0.837 bits per heavy atom. The molecule has 4 heterocycles. The van der Waals surface area contributed by atoms with Gasteiger partial charge in [0.05, 0.1) is 16.6 Å². The van der Waals surface area contributed by atoms with Gasteiger partial charge in [-0.25, -0.2) is 4.98 Å². The van der Waals surface area contributed by atoms with Crippen LogP contribution in [-0.4, -0.2) is 28.0 Å². The average molecular weight is 596 g/mol. The molecule has 7 nitrogen and oxygen atoms in total. The average Bonchev–Trinajstić information content (AvgIpc) is 3.83. The van der Waals surface area contributed by atoms with Crippen LogP contribution in [0.5, 0.6) is 23.0 Å². The first kappa shape index (κ1) is 27.9. The molecule has 0 spiro atoms. The molecule has 3 aliphatic rings. The lowest BCUT2D eigenvalue weighted by Gasteiger charge is -2.25. The molecule has 8 heteroatoms. The topological polar surface area (TPSA) is 58.0 Å². The van der Waals surface area contributed by atoms with Crippen molar-refractivity contribution in [2.24, 2.45) is 0 Å². The minimum atomic E-state index is 0.272. The molecule has 0 bridgehead atoms. The number of ether oxygens (including phenoxy) is 4. The summed E-state index contributed by atoms with van der Waals surface area (Å²) in [6.45, 7) is 8.21. The third kappa shape index (κ3) is 5.99. The van der Waals surface area contributed by atoms with Crippen molar-refractivity contribution in [2.45, 2.75) is 64.5 Å². The number of aromatic nitrogens is 2. The van der Waals surface area contributed by atoms with Gasteiger partial charge in [0.25, 0.3) is 0 Å². The quantitative estimate of drug-likeness (QED) is 0.174. The molecule has 0 amide bonds. The smallest absolute Gasteiger partial charge is 0.231 e. The number of hydrogen-bond donors (Lipinski definition) is 0. The second-order valence-electron chi connectivity index (χ2n) is 11.3. The highest BCUT2D eigenvalue weighted by Gasteiger charge is 2.29. The number of benzene rings is 3. The van der Waals surface area contributed by atoms with Gasteiger partial charge in [-0.1, -0.05) is 61.9 Å². The number of thioether (sulfide) groups is 1. The number of nitrogens with zero attached hydrogens (tertiary/aromatic N) is 3. The second-order valence-corrected chi connectivity index (χ2v) is 12.8.